The molecule has 0 amide bonds. The summed E-state index contributed by atoms with van der Waals surface area (Å²) in [5, 5.41) is 0. The lowest BCUT2D eigenvalue weighted by Crippen LogP contribution is -2.65. The van der Waals surface area contributed by atoms with Gasteiger partial charge in [0.25, 0.3) is 0 Å². The molecule has 0 spiro atoms. The normalized spacial score (nSPS) is 12.6. The van der Waals surface area contributed by atoms with Gasteiger partial charge in [0, 0.05) is 163 Å². The molecule has 0 saturated carbocycles. The van der Waals surface area contributed by atoms with Crippen LogP contribution in [0.25, 0.3) is 0 Å². The lowest BCUT2D eigenvalue weighted by atomic mass is 10.2. The quantitative estimate of drug-likeness (QED) is 0.0313. The minimum Gasteiger partial charge on any atom is -0.436 e. The number of hydrogen-bond donors (Lipinski definition) is 0. The smallest absolute Gasteiger partial charge is 0.436 e. The average Bonchev–Trinajstić information content (AvgIpc) is 0.807. The molecule has 0 aromatic carbocycles. The number of hydrogen-bond acceptors (Lipinski definition) is 25. The SMILES string of the molecule is C=CCCCC[Si](C)(C)OC.C=CCCCC[Si](C)(C)O[Si](C)(C)O[Si](C)(C)OCC.C=CCCCC[Si](OC)(OC)OC.C=CCCCC[Si](OC)(OC)OC.C=CCCCC[Si](OC)(OC)O[Si](OC)(OC)O[Si](OC)(OC)OC.C=CCCCC[Si](OCC)(OCC)O[Si](OCC)(OCC)OCC. The molecule has 25 nitrogen and oxygen atoms in total. The van der Waals surface area contributed by atoms with E-state index in [9.17, 15) is 0 Å². The van der Waals surface area contributed by atoms with Crippen molar-refractivity contribution in [1.29, 1.82) is 0 Å². The maximum atomic E-state index is 6.47. The molecular weight excluding hydrogens is 1550 g/mol. The van der Waals surface area contributed by atoms with Gasteiger partial charge in [0.2, 0.25) is 0 Å². The molecule has 0 rings (SSSR count). The van der Waals surface area contributed by atoms with Crippen LogP contribution in [0.1, 0.15) is 157 Å². The Balaban J connectivity index is -0.000000290. The zero-order valence-corrected chi connectivity index (χ0v) is 83.6. The summed E-state index contributed by atoms with van der Waals surface area (Å²) in [6.45, 7) is 54.6. The highest BCUT2D eigenvalue weighted by molar-refractivity contribution is 6.86. The first kappa shape index (κ1) is 117. The fourth-order valence-corrected chi connectivity index (χ4v) is 43.1. The van der Waals surface area contributed by atoms with E-state index in [1.54, 1.807) is 42.7 Å². The van der Waals surface area contributed by atoms with Crippen molar-refractivity contribution in [1.82, 2.24) is 0 Å². The van der Waals surface area contributed by atoms with Gasteiger partial charge in [-0.3, -0.25) is 0 Å². The van der Waals surface area contributed by atoms with Gasteiger partial charge in [-0.05, 0) is 196 Å². The third-order valence-corrected chi connectivity index (χ3v) is 50.3. The summed E-state index contributed by atoms with van der Waals surface area (Å²) >= 11 is 0. The molecule has 0 radical (unpaired) electrons. The molecule has 36 heteroatoms. The van der Waals surface area contributed by atoms with Crippen molar-refractivity contribution in [3.63, 3.8) is 0 Å². The van der Waals surface area contributed by atoms with Crippen LogP contribution in [0.4, 0.5) is 0 Å². The summed E-state index contributed by atoms with van der Waals surface area (Å²) in [4.78, 5) is 0. The van der Waals surface area contributed by atoms with Gasteiger partial charge in [-0.2, -0.15) is 0 Å². The third kappa shape index (κ3) is 57.8. The van der Waals surface area contributed by atoms with Crippen LogP contribution in [-0.4, -0.2) is 235 Å². The molecule has 0 N–H and O–H groups in total. The van der Waals surface area contributed by atoms with Crippen molar-refractivity contribution in [2.24, 2.45) is 0 Å². The monoisotopic (exact) mass is 1710 g/mol. The van der Waals surface area contributed by atoms with Crippen LogP contribution in [-0.2, 0) is 109 Å². The Labute approximate surface area is 662 Å². The second kappa shape index (κ2) is 70.3. The minimum atomic E-state index is -3.71. The van der Waals surface area contributed by atoms with E-state index in [2.05, 4.69) is 91.8 Å². The number of unbranched alkanes of at least 4 members (excludes halogenated alkanes) is 12. The molecule has 0 bridgehead atoms. The second-order valence-electron chi connectivity index (χ2n) is 25.7. The Hall–Kier alpha value is -0.174. The Morgan fingerprint density at radius 1 is 0.208 bits per heavy atom. The van der Waals surface area contributed by atoms with Gasteiger partial charge in [0.1, 0.15) is 0 Å². The zero-order valence-electron chi connectivity index (χ0n) is 72.6. The highest BCUT2D eigenvalue weighted by atomic mass is 28.5. The van der Waals surface area contributed by atoms with E-state index < -0.39 is 96.1 Å². The number of rotatable bonds is 66. The topological polar surface area (TPSA) is 231 Å². The Morgan fingerprint density at radius 3 is 0.717 bits per heavy atom. The lowest BCUT2D eigenvalue weighted by molar-refractivity contribution is -0.0270. The summed E-state index contributed by atoms with van der Waals surface area (Å²) in [6, 6.07) is 5.51. The fraction of sp³-hybridized carbons (Fsp3) is 0.829. The summed E-state index contributed by atoms with van der Waals surface area (Å²) in [5.74, 6) is 0. The molecule has 0 fully saturated rings. The standard InChI is InChI=1S/C16H36O6Si2.C14H34O3Si3.C13H32O9Si3.2C9H20O3Si.C9H20OSi/c1-7-13-14-15-16-23(17-8-2,18-9-3)22-24(19-10-4,20-11-5)21-12-6;1-9-11-12-13-14-18(3,4)16-20(7,8)17-19(5,6)15-10-2;1-9-10-11-12-13-23(14-2,15-3)21-25(19-7,20-8)22-24(16-4,17-5)18-6;2*1-5-6-7-8-9-13(10-2,11-3)12-4;1-5-6-7-8-9-11(3,4)10-2/h7H,1,8-16H2,2-6H3;9H,1,10-14H2,2-8H3;9H,1,10-13H2,2-8H3;2*5H,1,6-9H2,2-4H3;5H,1,6-9H2,2-4H3. The first-order chi connectivity index (χ1) is 50.1. The van der Waals surface area contributed by atoms with Crippen molar-refractivity contribution < 1.29 is 109 Å². The lowest BCUT2D eigenvalue weighted by Gasteiger charge is -2.38. The van der Waals surface area contributed by atoms with Crippen molar-refractivity contribution in [2.75, 3.05) is 139 Å². The van der Waals surface area contributed by atoms with Gasteiger partial charge in [-0.1, -0.05) is 62.1 Å². The molecule has 106 heavy (non-hydrogen) atoms. The molecular formula is C70H162O25Si11. The van der Waals surface area contributed by atoms with Crippen LogP contribution >= 0.6 is 0 Å². The highest BCUT2D eigenvalue weighted by Gasteiger charge is 2.62. The predicted octanol–water partition coefficient (Wildman–Crippen LogP) is 18.3. The van der Waals surface area contributed by atoms with E-state index in [0.29, 0.717) is 51.7 Å². The van der Waals surface area contributed by atoms with Gasteiger partial charge < -0.3 is 109 Å². The van der Waals surface area contributed by atoms with E-state index in [1.807, 2.05) is 85.1 Å². The van der Waals surface area contributed by atoms with E-state index in [1.165, 1.54) is 87.5 Å². The molecule has 0 aliphatic rings. The van der Waals surface area contributed by atoms with Crippen LogP contribution < -0.4 is 0 Å². The van der Waals surface area contributed by atoms with Gasteiger partial charge in [0.15, 0.2) is 16.6 Å². The molecule has 0 aliphatic carbocycles. The number of allylic oxidation sites excluding steroid dienone is 6. The molecule has 0 unspecified atom stereocenters. The zero-order chi connectivity index (χ0) is 82.6. The van der Waals surface area contributed by atoms with E-state index in [4.69, 9.17) is 109 Å². The molecule has 0 aromatic rings. The molecule has 0 aromatic heterocycles. The van der Waals surface area contributed by atoms with Crippen molar-refractivity contribution in [3.8, 4) is 0 Å². The van der Waals surface area contributed by atoms with E-state index in [0.717, 1.165) is 102 Å². The summed E-state index contributed by atoms with van der Waals surface area (Å²) in [6.07, 6.45) is 30.9. The van der Waals surface area contributed by atoms with Gasteiger partial charge in [0.05, 0.1) is 0 Å². The summed E-state index contributed by atoms with van der Waals surface area (Å²) in [5.41, 5.74) is 0. The van der Waals surface area contributed by atoms with Crippen molar-refractivity contribution in [2.45, 2.75) is 246 Å². The maximum absolute atomic E-state index is 6.47. The van der Waals surface area contributed by atoms with Crippen LogP contribution in [0.2, 0.25) is 88.6 Å². The van der Waals surface area contributed by atoms with E-state index >= 15 is 0 Å². The van der Waals surface area contributed by atoms with Gasteiger partial charge in [-0.25, -0.2) is 0 Å². The molecule has 0 aliphatic heterocycles. The van der Waals surface area contributed by atoms with Gasteiger partial charge >= 0.3 is 79.5 Å². The molecule has 636 valence electrons. The molecule has 0 atom stereocenters. The Morgan fingerprint density at radius 2 is 0.462 bits per heavy atom. The fourth-order valence-electron chi connectivity index (χ4n) is 10.2. The first-order valence-corrected chi connectivity index (χ1v) is 62.3. The predicted molar refractivity (Wildman–Crippen MR) is 457 cm³/mol. The van der Waals surface area contributed by atoms with Gasteiger partial charge in [-0.15, -0.1) is 39.5 Å². The van der Waals surface area contributed by atoms with Crippen LogP contribution in [0, 0.1) is 0 Å². The summed E-state index contributed by atoms with van der Waals surface area (Å²) in [7, 11) is -6.32. The highest BCUT2D eigenvalue weighted by Crippen LogP contribution is 2.31. The van der Waals surface area contributed by atoms with Crippen LogP contribution in [0.5, 0.6) is 0 Å². The maximum Gasteiger partial charge on any atom is 0.673 e. The van der Waals surface area contributed by atoms with Crippen molar-refractivity contribution in [3.05, 3.63) is 75.9 Å². The van der Waals surface area contributed by atoms with Crippen molar-refractivity contribution >= 4 is 96.1 Å². The van der Waals surface area contributed by atoms with Crippen LogP contribution in [0.15, 0.2) is 75.9 Å². The summed E-state index contributed by atoms with van der Waals surface area (Å²) < 4.78 is 141. The minimum absolute atomic E-state index is 0.450. The Bertz CT molecular complexity index is 1970. The largest absolute Gasteiger partial charge is 0.673 e. The molecule has 0 saturated heterocycles. The third-order valence-electron chi connectivity index (χ3n) is 15.7. The van der Waals surface area contributed by atoms with Crippen LogP contribution in [0.3, 0.4) is 0 Å². The Kier molecular flexibility index (Phi) is 77.3. The average molecular weight is 1710 g/mol. The molecule has 0 heterocycles. The first-order valence-electron chi connectivity index (χ1n) is 37.8. The van der Waals surface area contributed by atoms with E-state index in [-0.39, 0.29) is 0 Å². The second-order valence-corrected chi connectivity index (χ2v) is 61.4.